The van der Waals surface area contributed by atoms with Crippen LogP contribution in [-0.4, -0.2) is 35.3 Å². The second-order valence-electron chi connectivity index (χ2n) is 4.38. The number of aromatic nitrogens is 2. The van der Waals surface area contributed by atoms with E-state index in [0.29, 0.717) is 6.54 Å². The molecular weight excluding hydrogens is 228 g/mol. The van der Waals surface area contributed by atoms with Crippen molar-refractivity contribution in [2.45, 2.75) is 40.7 Å². The summed E-state index contributed by atoms with van der Waals surface area (Å²) in [6.45, 7) is 11.2. The number of hydrogen-bond donors (Lipinski definition) is 2. The summed E-state index contributed by atoms with van der Waals surface area (Å²) in [5.74, 6) is -0.0229. The summed E-state index contributed by atoms with van der Waals surface area (Å²) in [6, 6.07) is 0. The maximum Gasteiger partial charge on any atom is 0.255 e. The Morgan fingerprint density at radius 2 is 2.00 bits per heavy atom. The van der Waals surface area contributed by atoms with Crippen LogP contribution in [0.15, 0.2) is 0 Å². The normalized spacial score (nSPS) is 10.7. The smallest absolute Gasteiger partial charge is 0.255 e. The predicted octanol–water partition coefficient (Wildman–Crippen LogP) is 1.25. The van der Waals surface area contributed by atoms with Gasteiger partial charge in [-0.15, -0.1) is 0 Å². The van der Waals surface area contributed by atoms with Crippen LogP contribution in [0.1, 0.15) is 42.0 Å². The van der Waals surface area contributed by atoms with Gasteiger partial charge in [0.2, 0.25) is 0 Å². The summed E-state index contributed by atoms with van der Waals surface area (Å²) in [4.78, 5) is 12.1. The number of carbonyl (C=O) groups excluding carboxylic acids is 1. The summed E-state index contributed by atoms with van der Waals surface area (Å²) in [5, 5.41) is 10.5. The minimum absolute atomic E-state index is 0.0229. The predicted molar refractivity (Wildman–Crippen MR) is 72.9 cm³/mol. The zero-order chi connectivity index (χ0) is 13.5. The van der Waals surface area contributed by atoms with Gasteiger partial charge in [-0.25, -0.2) is 0 Å². The van der Waals surface area contributed by atoms with Crippen molar-refractivity contribution >= 4 is 5.91 Å². The van der Waals surface area contributed by atoms with E-state index in [0.717, 1.165) is 43.0 Å². The Labute approximate surface area is 109 Å². The highest BCUT2D eigenvalue weighted by Gasteiger charge is 2.17. The van der Waals surface area contributed by atoms with E-state index in [2.05, 4.69) is 22.7 Å². The molecule has 5 nitrogen and oxygen atoms in total. The zero-order valence-corrected chi connectivity index (χ0v) is 11.8. The fourth-order valence-corrected chi connectivity index (χ4v) is 1.98. The molecule has 1 aromatic rings. The van der Waals surface area contributed by atoms with E-state index in [1.165, 1.54) is 0 Å². The van der Waals surface area contributed by atoms with Crippen molar-refractivity contribution in [2.24, 2.45) is 0 Å². The van der Waals surface area contributed by atoms with E-state index >= 15 is 0 Å². The van der Waals surface area contributed by atoms with E-state index < -0.39 is 0 Å². The lowest BCUT2D eigenvalue weighted by atomic mass is 10.2. The molecule has 0 aromatic carbocycles. The maximum atomic E-state index is 12.1. The second-order valence-corrected chi connectivity index (χ2v) is 4.38. The van der Waals surface area contributed by atoms with Gasteiger partial charge in [0.05, 0.1) is 11.3 Å². The van der Waals surface area contributed by atoms with Gasteiger partial charge >= 0.3 is 0 Å². The first-order valence-corrected chi connectivity index (χ1v) is 6.64. The van der Waals surface area contributed by atoms with E-state index in [1.54, 1.807) is 0 Å². The maximum absolute atomic E-state index is 12.1. The van der Waals surface area contributed by atoms with E-state index in [-0.39, 0.29) is 5.91 Å². The zero-order valence-electron chi connectivity index (χ0n) is 11.8. The Balaban J connectivity index is 2.67. The third kappa shape index (κ3) is 3.57. The van der Waals surface area contributed by atoms with Gasteiger partial charge in [0.15, 0.2) is 0 Å². The van der Waals surface area contributed by atoms with Crippen LogP contribution in [0.5, 0.6) is 0 Å². The van der Waals surface area contributed by atoms with Crippen molar-refractivity contribution in [1.82, 2.24) is 20.4 Å². The highest BCUT2D eigenvalue weighted by Crippen LogP contribution is 2.13. The second kappa shape index (κ2) is 7.16. The average Bonchev–Trinajstić information content (AvgIpc) is 2.61. The first-order chi connectivity index (χ1) is 8.61. The molecule has 0 atom stereocenters. The highest BCUT2D eigenvalue weighted by molar-refractivity contribution is 5.96. The van der Waals surface area contributed by atoms with Crippen LogP contribution in [-0.2, 0) is 6.54 Å². The molecule has 1 rings (SSSR count). The first-order valence-electron chi connectivity index (χ1n) is 6.64. The molecule has 0 aliphatic rings. The molecule has 0 saturated heterocycles. The Morgan fingerprint density at radius 3 is 2.61 bits per heavy atom. The Bertz CT molecular complexity index is 398. The minimum Gasteiger partial charge on any atom is -0.351 e. The lowest BCUT2D eigenvalue weighted by Gasteiger charge is -2.06. The largest absolute Gasteiger partial charge is 0.351 e. The number of nitrogens with zero attached hydrogens (tertiary/aromatic N) is 2. The molecule has 0 aliphatic heterocycles. The SMILES string of the molecule is CCCn1nc(C)c(C(=O)NCCNCC)c1C. The van der Waals surface area contributed by atoms with Gasteiger partial charge in [0, 0.05) is 25.3 Å². The average molecular weight is 252 g/mol. The molecule has 1 aromatic heterocycles. The van der Waals surface area contributed by atoms with Gasteiger partial charge in [-0.1, -0.05) is 13.8 Å². The van der Waals surface area contributed by atoms with Gasteiger partial charge in [0.1, 0.15) is 0 Å². The van der Waals surface area contributed by atoms with Gasteiger partial charge in [-0.3, -0.25) is 9.48 Å². The molecule has 102 valence electrons. The molecule has 0 unspecified atom stereocenters. The molecule has 0 bridgehead atoms. The Hall–Kier alpha value is -1.36. The van der Waals surface area contributed by atoms with Crippen molar-refractivity contribution in [1.29, 1.82) is 0 Å². The topological polar surface area (TPSA) is 59.0 Å². The molecular formula is C13H24N4O. The van der Waals surface area contributed by atoms with Crippen LogP contribution < -0.4 is 10.6 Å². The molecule has 5 heteroatoms. The standard InChI is InChI=1S/C13H24N4O/c1-5-9-17-11(4)12(10(3)16-17)13(18)15-8-7-14-6-2/h14H,5-9H2,1-4H3,(H,15,18). The molecule has 1 amide bonds. The highest BCUT2D eigenvalue weighted by atomic mass is 16.1. The van der Waals surface area contributed by atoms with Crippen molar-refractivity contribution in [3.63, 3.8) is 0 Å². The van der Waals surface area contributed by atoms with Crippen LogP contribution in [0.3, 0.4) is 0 Å². The fraction of sp³-hybridized carbons (Fsp3) is 0.692. The van der Waals surface area contributed by atoms with Gasteiger partial charge < -0.3 is 10.6 Å². The van der Waals surface area contributed by atoms with Crippen LogP contribution in [0, 0.1) is 13.8 Å². The summed E-state index contributed by atoms with van der Waals surface area (Å²) in [5.41, 5.74) is 2.48. The number of nitrogens with one attached hydrogen (secondary N) is 2. The monoisotopic (exact) mass is 252 g/mol. The van der Waals surface area contributed by atoms with E-state index in [1.807, 2.05) is 25.5 Å². The summed E-state index contributed by atoms with van der Waals surface area (Å²) in [6.07, 6.45) is 1.02. The van der Waals surface area contributed by atoms with Crippen LogP contribution in [0.25, 0.3) is 0 Å². The molecule has 0 radical (unpaired) electrons. The van der Waals surface area contributed by atoms with E-state index in [4.69, 9.17) is 0 Å². The van der Waals surface area contributed by atoms with Crippen molar-refractivity contribution in [3.05, 3.63) is 17.0 Å². The molecule has 1 heterocycles. The lowest BCUT2D eigenvalue weighted by molar-refractivity contribution is 0.0952. The minimum atomic E-state index is -0.0229. The number of amides is 1. The number of carbonyl (C=O) groups is 1. The summed E-state index contributed by atoms with van der Waals surface area (Å²) in [7, 11) is 0. The quantitative estimate of drug-likeness (QED) is 0.718. The summed E-state index contributed by atoms with van der Waals surface area (Å²) >= 11 is 0. The summed E-state index contributed by atoms with van der Waals surface area (Å²) < 4.78 is 1.91. The molecule has 18 heavy (non-hydrogen) atoms. The third-order valence-corrected chi connectivity index (χ3v) is 2.88. The third-order valence-electron chi connectivity index (χ3n) is 2.88. The Morgan fingerprint density at radius 1 is 1.28 bits per heavy atom. The molecule has 0 saturated carbocycles. The Kier molecular flexibility index (Phi) is 5.85. The number of likely N-dealkylation sites (N-methyl/N-ethyl adjacent to an activating group) is 1. The van der Waals surface area contributed by atoms with Crippen LogP contribution >= 0.6 is 0 Å². The number of rotatable bonds is 7. The van der Waals surface area contributed by atoms with Crippen LogP contribution in [0.4, 0.5) is 0 Å². The van der Waals surface area contributed by atoms with Gasteiger partial charge in [0.25, 0.3) is 5.91 Å². The first kappa shape index (κ1) is 14.7. The van der Waals surface area contributed by atoms with Crippen molar-refractivity contribution in [3.8, 4) is 0 Å². The molecule has 0 fully saturated rings. The number of aryl methyl sites for hydroxylation is 2. The van der Waals surface area contributed by atoms with Crippen LogP contribution in [0.2, 0.25) is 0 Å². The van der Waals surface area contributed by atoms with Gasteiger partial charge in [-0.05, 0) is 26.8 Å². The fourth-order valence-electron chi connectivity index (χ4n) is 1.98. The molecule has 0 aliphatic carbocycles. The molecule has 2 N–H and O–H groups in total. The van der Waals surface area contributed by atoms with Gasteiger partial charge in [-0.2, -0.15) is 5.10 Å². The van der Waals surface area contributed by atoms with Crippen molar-refractivity contribution < 1.29 is 4.79 Å². The number of hydrogen-bond acceptors (Lipinski definition) is 3. The van der Waals surface area contributed by atoms with E-state index in [9.17, 15) is 4.79 Å². The molecule has 0 spiro atoms. The van der Waals surface area contributed by atoms with Crippen molar-refractivity contribution in [2.75, 3.05) is 19.6 Å². The lowest BCUT2D eigenvalue weighted by Crippen LogP contribution is -2.32.